The number of carboxylic acid groups (broad SMARTS) is 1. The number of hydrogen-bond donors (Lipinski definition) is 1. The molecule has 1 aromatic carbocycles. The molecule has 1 aliphatic heterocycles. The Labute approximate surface area is 115 Å². The van der Waals surface area contributed by atoms with E-state index in [-0.39, 0.29) is 0 Å². The minimum atomic E-state index is -0.821. The average molecular weight is 261 g/mol. The highest BCUT2D eigenvalue weighted by Gasteiger charge is 2.30. The molecule has 0 aliphatic carbocycles. The second-order valence-corrected chi connectivity index (χ2v) is 6.04. The molecule has 0 bridgehead atoms. The second kappa shape index (κ2) is 5.24. The molecule has 0 saturated carbocycles. The molecule has 0 unspecified atom stereocenters. The van der Waals surface area contributed by atoms with Gasteiger partial charge in [-0.3, -0.25) is 4.79 Å². The maximum Gasteiger partial charge on any atom is 0.313 e. The Morgan fingerprint density at radius 2 is 1.89 bits per heavy atom. The number of anilines is 1. The van der Waals surface area contributed by atoms with Gasteiger partial charge in [0.05, 0.1) is 5.41 Å². The largest absolute Gasteiger partial charge is 0.481 e. The number of aliphatic carboxylic acids is 1. The molecule has 1 N–H and O–H groups in total. The molecule has 1 heterocycles. The SMILES string of the molecule is CCCC1CN(c2ccc(C(C)(C)C(=O)O)cc2)C1. The van der Waals surface area contributed by atoms with Crippen molar-refractivity contribution in [1.82, 2.24) is 0 Å². The summed E-state index contributed by atoms with van der Waals surface area (Å²) in [6.45, 7) is 7.98. The number of benzene rings is 1. The van der Waals surface area contributed by atoms with E-state index in [1.807, 2.05) is 24.3 Å². The quantitative estimate of drug-likeness (QED) is 0.884. The van der Waals surface area contributed by atoms with E-state index in [0.29, 0.717) is 0 Å². The first-order valence-electron chi connectivity index (χ1n) is 7.04. The van der Waals surface area contributed by atoms with Crippen LogP contribution in [-0.2, 0) is 10.2 Å². The predicted molar refractivity (Wildman–Crippen MR) is 77.7 cm³/mol. The summed E-state index contributed by atoms with van der Waals surface area (Å²) in [6.07, 6.45) is 2.56. The van der Waals surface area contributed by atoms with Crippen LogP contribution in [0.2, 0.25) is 0 Å². The van der Waals surface area contributed by atoms with Crippen LogP contribution in [0.4, 0.5) is 5.69 Å². The molecule has 0 amide bonds. The molecule has 19 heavy (non-hydrogen) atoms. The molecule has 0 atom stereocenters. The lowest BCUT2D eigenvalue weighted by Crippen LogP contribution is -2.46. The third-order valence-corrected chi connectivity index (χ3v) is 4.14. The van der Waals surface area contributed by atoms with Crippen molar-refractivity contribution < 1.29 is 9.90 Å². The van der Waals surface area contributed by atoms with Gasteiger partial charge in [0.1, 0.15) is 0 Å². The van der Waals surface area contributed by atoms with Crippen LogP contribution in [0.1, 0.15) is 39.2 Å². The van der Waals surface area contributed by atoms with Crippen molar-refractivity contribution in [2.45, 2.75) is 39.0 Å². The molecule has 2 rings (SSSR count). The van der Waals surface area contributed by atoms with Gasteiger partial charge in [0, 0.05) is 18.8 Å². The summed E-state index contributed by atoms with van der Waals surface area (Å²) >= 11 is 0. The Bertz CT molecular complexity index is 444. The van der Waals surface area contributed by atoms with Crippen molar-refractivity contribution in [3.63, 3.8) is 0 Å². The Balaban J connectivity index is 2.02. The lowest BCUT2D eigenvalue weighted by Gasteiger charge is -2.41. The Morgan fingerprint density at radius 3 is 2.37 bits per heavy atom. The van der Waals surface area contributed by atoms with Crippen molar-refractivity contribution in [2.75, 3.05) is 18.0 Å². The zero-order chi connectivity index (χ0) is 14.0. The van der Waals surface area contributed by atoms with Gasteiger partial charge >= 0.3 is 5.97 Å². The van der Waals surface area contributed by atoms with Gasteiger partial charge < -0.3 is 10.0 Å². The molecule has 0 aromatic heterocycles. The molecule has 0 radical (unpaired) electrons. The molecule has 1 saturated heterocycles. The Kier molecular flexibility index (Phi) is 3.83. The first kappa shape index (κ1) is 13.9. The second-order valence-electron chi connectivity index (χ2n) is 6.04. The van der Waals surface area contributed by atoms with Crippen LogP contribution in [0.25, 0.3) is 0 Å². The van der Waals surface area contributed by atoms with Gasteiger partial charge in [-0.15, -0.1) is 0 Å². The highest BCUT2D eigenvalue weighted by Crippen LogP contribution is 2.30. The van der Waals surface area contributed by atoms with Crippen LogP contribution in [-0.4, -0.2) is 24.2 Å². The van der Waals surface area contributed by atoms with E-state index in [0.717, 1.165) is 24.6 Å². The lowest BCUT2D eigenvalue weighted by atomic mass is 9.84. The zero-order valence-electron chi connectivity index (χ0n) is 12.0. The number of carboxylic acids is 1. The van der Waals surface area contributed by atoms with E-state index in [9.17, 15) is 9.90 Å². The Morgan fingerprint density at radius 1 is 1.32 bits per heavy atom. The number of carbonyl (C=O) groups is 1. The van der Waals surface area contributed by atoms with Crippen molar-refractivity contribution in [2.24, 2.45) is 5.92 Å². The van der Waals surface area contributed by atoms with Crippen LogP contribution >= 0.6 is 0 Å². The minimum absolute atomic E-state index is 0.785. The summed E-state index contributed by atoms with van der Waals surface area (Å²) in [5.41, 5.74) is 1.24. The molecule has 3 heteroatoms. The maximum atomic E-state index is 11.2. The number of nitrogens with zero attached hydrogens (tertiary/aromatic N) is 1. The molecule has 3 nitrogen and oxygen atoms in total. The molecule has 1 aliphatic rings. The third kappa shape index (κ3) is 2.75. The van der Waals surface area contributed by atoms with E-state index in [4.69, 9.17) is 0 Å². The highest BCUT2D eigenvalue weighted by molar-refractivity contribution is 5.80. The van der Waals surface area contributed by atoms with Gasteiger partial charge in [0.15, 0.2) is 0 Å². The van der Waals surface area contributed by atoms with Gasteiger partial charge in [-0.25, -0.2) is 0 Å². The Hall–Kier alpha value is -1.51. The first-order valence-corrected chi connectivity index (χ1v) is 7.04. The molecule has 104 valence electrons. The van der Waals surface area contributed by atoms with Gasteiger partial charge in [-0.05, 0) is 43.9 Å². The third-order valence-electron chi connectivity index (χ3n) is 4.14. The van der Waals surface area contributed by atoms with Crippen LogP contribution < -0.4 is 4.90 Å². The fourth-order valence-corrected chi connectivity index (χ4v) is 2.58. The first-order chi connectivity index (χ1) is 8.95. The highest BCUT2D eigenvalue weighted by atomic mass is 16.4. The standard InChI is InChI=1S/C16H23NO2/c1-4-5-12-10-17(11-12)14-8-6-13(7-9-14)16(2,3)15(18)19/h6-9,12H,4-5,10-11H2,1-3H3,(H,18,19). The molecular weight excluding hydrogens is 238 g/mol. The van der Waals surface area contributed by atoms with Gasteiger partial charge in [0.25, 0.3) is 0 Å². The molecule has 1 fully saturated rings. The van der Waals surface area contributed by atoms with Gasteiger partial charge in [-0.2, -0.15) is 0 Å². The fraction of sp³-hybridized carbons (Fsp3) is 0.562. The van der Waals surface area contributed by atoms with Crippen LogP contribution in [0, 0.1) is 5.92 Å². The molecular formula is C16H23NO2. The van der Waals surface area contributed by atoms with Crippen molar-refractivity contribution in [3.05, 3.63) is 29.8 Å². The summed E-state index contributed by atoms with van der Waals surface area (Å²) in [5.74, 6) is 0.0485. The zero-order valence-corrected chi connectivity index (χ0v) is 12.0. The maximum absolute atomic E-state index is 11.2. The van der Waals surface area contributed by atoms with Crippen LogP contribution in [0.3, 0.4) is 0 Å². The predicted octanol–water partition coefficient (Wildman–Crippen LogP) is 3.29. The van der Waals surface area contributed by atoms with E-state index in [2.05, 4.69) is 11.8 Å². The van der Waals surface area contributed by atoms with Crippen LogP contribution in [0.5, 0.6) is 0 Å². The fourth-order valence-electron chi connectivity index (χ4n) is 2.58. The van der Waals surface area contributed by atoms with E-state index in [1.54, 1.807) is 13.8 Å². The van der Waals surface area contributed by atoms with E-state index < -0.39 is 11.4 Å². The smallest absolute Gasteiger partial charge is 0.313 e. The van der Waals surface area contributed by atoms with Crippen LogP contribution in [0.15, 0.2) is 24.3 Å². The van der Waals surface area contributed by atoms with Crippen molar-refractivity contribution in [1.29, 1.82) is 0 Å². The monoisotopic (exact) mass is 261 g/mol. The summed E-state index contributed by atoms with van der Waals surface area (Å²) < 4.78 is 0. The minimum Gasteiger partial charge on any atom is -0.481 e. The van der Waals surface area contributed by atoms with E-state index in [1.165, 1.54) is 18.5 Å². The summed E-state index contributed by atoms with van der Waals surface area (Å²) in [4.78, 5) is 13.6. The normalized spacial score (nSPS) is 16.3. The summed E-state index contributed by atoms with van der Waals surface area (Å²) in [5, 5.41) is 9.21. The summed E-state index contributed by atoms with van der Waals surface area (Å²) in [7, 11) is 0. The molecule has 1 aromatic rings. The lowest BCUT2D eigenvalue weighted by molar-refractivity contribution is -0.142. The van der Waals surface area contributed by atoms with Crippen molar-refractivity contribution >= 4 is 11.7 Å². The van der Waals surface area contributed by atoms with Gasteiger partial charge in [0.2, 0.25) is 0 Å². The van der Waals surface area contributed by atoms with Crippen molar-refractivity contribution in [3.8, 4) is 0 Å². The average Bonchev–Trinajstić information content (AvgIpc) is 2.33. The summed E-state index contributed by atoms with van der Waals surface area (Å²) in [6, 6.07) is 7.97. The topological polar surface area (TPSA) is 40.5 Å². The van der Waals surface area contributed by atoms with E-state index >= 15 is 0 Å². The van der Waals surface area contributed by atoms with Gasteiger partial charge in [-0.1, -0.05) is 25.5 Å². The number of rotatable bonds is 5. The molecule has 0 spiro atoms. The number of hydrogen-bond acceptors (Lipinski definition) is 2.